The van der Waals surface area contributed by atoms with Crippen LogP contribution in [-0.2, 0) is 21.0 Å². The number of hydrogen-bond donors (Lipinski definition) is 2. The lowest BCUT2D eigenvalue weighted by molar-refractivity contribution is 0.0525. The van der Waals surface area contributed by atoms with Crippen LogP contribution in [-0.4, -0.2) is 44.2 Å². The lowest BCUT2D eigenvalue weighted by atomic mass is 10.1. The Hall–Kier alpha value is -2.78. The van der Waals surface area contributed by atoms with Crippen LogP contribution in [0.3, 0.4) is 0 Å². The minimum Gasteiger partial charge on any atom is -0.462 e. The van der Waals surface area contributed by atoms with Crippen LogP contribution in [0.15, 0.2) is 76.8 Å². The van der Waals surface area contributed by atoms with Crippen molar-refractivity contribution in [3.05, 3.63) is 88.6 Å². The second-order valence-corrected chi connectivity index (χ2v) is 9.61. The van der Waals surface area contributed by atoms with Crippen LogP contribution in [0.4, 0.5) is 0 Å². The Morgan fingerprint density at radius 3 is 2.55 bits per heavy atom. The molecule has 0 saturated carbocycles. The van der Waals surface area contributed by atoms with Crippen LogP contribution in [0.25, 0.3) is 0 Å². The highest BCUT2D eigenvalue weighted by molar-refractivity contribution is 7.91. The fourth-order valence-electron chi connectivity index (χ4n) is 3.13. The van der Waals surface area contributed by atoms with Gasteiger partial charge in [-0.2, -0.15) is 0 Å². The molecule has 174 valence electrons. The number of aliphatic hydroxyl groups excluding tert-OH is 1. The molecule has 1 heterocycles. The number of benzene rings is 2. The molecule has 0 spiro atoms. The molecule has 1 aromatic heterocycles. The zero-order valence-corrected chi connectivity index (χ0v) is 19.6. The Labute approximate surface area is 198 Å². The molecule has 0 fully saturated rings. The molecule has 2 N–H and O–H groups in total. The van der Waals surface area contributed by atoms with Crippen molar-refractivity contribution < 1.29 is 23.1 Å². The van der Waals surface area contributed by atoms with E-state index in [-0.39, 0.29) is 22.1 Å². The number of pyridine rings is 1. The number of rotatable bonds is 10. The molecule has 33 heavy (non-hydrogen) atoms. The molecular formula is C24H25ClN2O5S. The number of carbonyl (C=O) groups excluding carboxylic acids is 1. The summed E-state index contributed by atoms with van der Waals surface area (Å²) in [5.74, 6) is -0.549. The van der Waals surface area contributed by atoms with Crippen LogP contribution >= 0.6 is 11.6 Å². The number of esters is 1. The van der Waals surface area contributed by atoms with E-state index in [9.17, 15) is 18.3 Å². The molecule has 0 aliphatic heterocycles. The third-order valence-electron chi connectivity index (χ3n) is 4.92. The van der Waals surface area contributed by atoms with Crippen molar-refractivity contribution in [1.29, 1.82) is 0 Å². The molecule has 0 bridgehead atoms. The van der Waals surface area contributed by atoms with Gasteiger partial charge in [-0.25, -0.2) is 18.2 Å². The average Bonchev–Trinajstić information content (AvgIpc) is 2.82. The Kier molecular flexibility index (Phi) is 8.57. The Balaban J connectivity index is 1.55. The first-order valence-corrected chi connectivity index (χ1v) is 12.3. The lowest BCUT2D eigenvalue weighted by Gasteiger charge is -2.12. The number of sulfone groups is 1. The molecule has 1 atom stereocenters. The van der Waals surface area contributed by atoms with Crippen molar-refractivity contribution in [2.75, 3.05) is 19.7 Å². The Bertz CT molecular complexity index is 1180. The van der Waals surface area contributed by atoms with Gasteiger partial charge in [0.2, 0.25) is 9.84 Å². The van der Waals surface area contributed by atoms with Crippen molar-refractivity contribution in [3.63, 3.8) is 0 Å². The lowest BCUT2D eigenvalue weighted by Crippen LogP contribution is -2.23. The summed E-state index contributed by atoms with van der Waals surface area (Å²) in [5.41, 5.74) is 1.89. The highest BCUT2D eigenvalue weighted by atomic mass is 35.5. The first-order chi connectivity index (χ1) is 15.8. The number of aliphatic hydroxyl groups is 1. The summed E-state index contributed by atoms with van der Waals surface area (Å²) in [6.07, 6.45) is 1.19. The van der Waals surface area contributed by atoms with Gasteiger partial charge in [-0.15, -0.1) is 0 Å². The number of hydrogen-bond acceptors (Lipinski definition) is 7. The molecule has 3 aromatic rings. The maximum absolute atomic E-state index is 12.8. The van der Waals surface area contributed by atoms with Crippen molar-refractivity contribution in [1.82, 2.24) is 10.3 Å². The highest BCUT2D eigenvalue weighted by Crippen LogP contribution is 2.20. The molecule has 7 nitrogen and oxygen atoms in total. The predicted octanol–water partition coefficient (Wildman–Crippen LogP) is 3.61. The van der Waals surface area contributed by atoms with Crippen LogP contribution < -0.4 is 5.32 Å². The molecule has 0 saturated heterocycles. The SMILES string of the molecule is CCOC(=O)c1ccc(S(=O)(=O)c2ccc(CCNC[C@H](O)c3cccc(Cl)c3)cc2)nc1. The second kappa shape index (κ2) is 11.4. The van der Waals surface area contributed by atoms with Crippen LogP contribution in [0.2, 0.25) is 5.02 Å². The zero-order chi connectivity index (χ0) is 23.8. The Morgan fingerprint density at radius 2 is 1.91 bits per heavy atom. The monoisotopic (exact) mass is 488 g/mol. The van der Waals surface area contributed by atoms with Gasteiger partial charge in [-0.1, -0.05) is 35.9 Å². The first-order valence-electron chi connectivity index (χ1n) is 10.4. The highest BCUT2D eigenvalue weighted by Gasteiger charge is 2.20. The van der Waals surface area contributed by atoms with E-state index in [0.717, 1.165) is 11.1 Å². The smallest absolute Gasteiger partial charge is 0.339 e. The zero-order valence-electron chi connectivity index (χ0n) is 18.1. The third-order valence-corrected chi connectivity index (χ3v) is 6.84. The third kappa shape index (κ3) is 6.61. The van der Waals surface area contributed by atoms with Crippen molar-refractivity contribution in [3.8, 4) is 0 Å². The van der Waals surface area contributed by atoms with Crippen LogP contribution in [0.5, 0.6) is 0 Å². The van der Waals surface area contributed by atoms with Crippen molar-refractivity contribution >= 4 is 27.4 Å². The molecule has 0 radical (unpaired) electrons. The topological polar surface area (TPSA) is 106 Å². The van der Waals surface area contributed by atoms with E-state index in [1.165, 1.54) is 30.5 Å². The molecule has 2 aromatic carbocycles. The molecule has 0 aliphatic rings. The fraction of sp³-hybridized carbons (Fsp3) is 0.250. The van der Waals surface area contributed by atoms with Gasteiger partial charge in [0.1, 0.15) is 0 Å². The largest absolute Gasteiger partial charge is 0.462 e. The summed E-state index contributed by atoms with van der Waals surface area (Å²) < 4.78 is 30.5. The van der Waals surface area contributed by atoms with Gasteiger partial charge in [0.15, 0.2) is 5.03 Å². The van der Waals surface area contributed by atoms with Gasteiger partial charge in [0.05, 0.1) is 23.2 Å². The number of halogens is 1. The summed E-state index contributed by atoms with van der Waals surface area (Å²) in [7, 11) is -3.80. The minimum atomic E-state index is -3.80. The van der Waals surface area contributed by atoms with Crippen LogP contribution in [0.1, 0.15) is 34.5 Å². The summed E-state index contributed by atoms with van der Waals surface area (Å²) in [4.78, 5) is 15.8. The summed E-state index contributed by atoms with van der Waals surface area (Å²) in [6.45, 7) is 2.90. The van der Waals surface area contributed by atoms with E-state index in [2.05, 4.69) is 10.3 Å². The van der Waals surface area contributed by atoms with Gasteiger partial charge in [0.25, 0.3) is 0 Å². The van der Waals surface area contributed by atoms with E-state index in [1.807, 2.05) is 6.07 Å². The van der Waals surface area contributed by atoms with Crippen molar-refractivity contribution in [2.24, 2.45) is 0 Å². The minimum absolute atomic E-state index is 0.118. The molecule has 9 heteroatoms. The number of aromatic nitrogens is 1. The average molecular weight is 489 g/mol. The summed E-state index contributed by atoms with van der Waals surface area (Å²) >= 11 is 5.95. The normalized spacial score (nSPS) is 12.3. The number of nitrogens with one attached hydrogen (secondary N) is 1. The fourth-order valence-corrected chi connectivity index (χ4v) is 4.51. The van der Waals surface area contributed by atoms with Crippen LogP contribution in [0, 0.1) is 0 Å². The maximum Gasteiger partial charge on any atom is 0.339 e. The summed E-state index contributed by atoms with van der Waals surface area (Å²) in [5, 5.41) is 13.9. The quantitative estimate of drug-likeness (QED) is 0.331. The van der Waals surface area contributed by atoms with Gasteiger partial charge in [-0.05, 0) is 67.4 Å². The maximum atomic E-state index is 12.8. The number of ether oxygens (including phenoxy) is 1. The number of nitrogens with zero attached hydrogens (tertiary/aromatic N) is 1. The van der Waals surface area contributed by atoms with Crippen molar-refractivity contribution in [2.45, 2.75) is 29.4 Å². The predicted molar refractivity (Wildman–Crippen MR) is 125 cm³/mol. The molecule has 0 unspecified atom stereocenters. The molecule has 0 aliphatic carbocycles. The van der Waals surface area contributed by atoms with E-state index >= 15 is 0 Å². The standard InChI is InChI=1S/C24H25ClN2O5S/c1-2-32-24(29)19-8-11-23(27-15-19)33(30,31)21-9-6-17(7-10-21)12-13-26-16-22(28)18-4-3-5-20(25)14-18/h3-11,14-15,22,26,28H,2,12-13,16H2,1H3/t22-/m0/s1. The van der Waals surface area contributed by atoms with E-state index in [1.54, 1.807) is 37.3 Å². The van der Waals surface area contributed by atoms with Gasteiger partial charge < -0.3 is 15.2 Å². The van der Waals surface area contributed by atoms with E-state index in [0.29, 0.717) is 24.5 Å². The molecule has 3 rings (SSSR count). The van der Waals surface area contributed by atoms with Gasteiger partial charge in [-0.3, -0.25) is 0 Å². The summed E-state index contributed by atoms with van der Waals surface area (Å²) in [6, 6.07) is 16.3. The first kappa shape index (κ1) is 24.9. The van der Waals surface area contributed by atoms with Gasteiger partial charge in [0, 0.05) is 17.8 Å². The second-order valence-electron chi connectivity index (χ2n) is 7.28. The Morgan fingerprint density at radius 1 is 1.15 bits per heavy atom. The molecule has 0 amide bonds. The number of carbonyl (C=O) groups is 1. The van der Waals surface area contributed by atoms with Gasteiger partial charge >= 0.3 is 5.97 Å². The van der Waals surface area contributed by atoms with E-state index in [4.69, 9.17) is 16.3 Å². The van der Waals surface area contributed by atoms with E-state index < -0.39 is 21.9 Å². The molecular weight excluding hydrogens is 464 g/mol.